The van der Waals surface area contributed by atoms with Crippen molar-refractivity contribution in [2.24, 2.45) is 10.9 Å². The number of carbonyl (C=O) groups is 1. The molecule has 24 heavy (non-hydrogen) atoms. The Labute approximate surface area is 148 Å². The molecular weight excluding hydrogens is 314 g/mol. The van der Waals surface area contributed by atoms with Crippen LogP contribution < -0.4 is 0 Å². The van der Waals surface area contributed by atoms with Gasteiger partial charge in [-0.15, -0.1) is 0 Å². The van der Waals surface area contributed by atoms with Gasteiger partial charge in [-0.25, -0.2) is 0 Å². The molecule has 0 saturated carbocycles. The van der Waals surface area contributed by atoms with E-state index in [1.54, 1.807) is 11.8 Å². The van der Waals surface area contributed by atoms with E-state index in [1.807, 2.05) is 26.0 Å². The fraction of sp³-hybridized carbons (Fsp3) is 0.333. The minimum atomic E-state index is -0.00206. The van der Waals surface area contributed by atoms with Crippen molar-refractivity contribution >= 4 is 23.3 Å². The summed E-state index contributed by atoms with van der Waals surface area (Å²) in [6.45, 7) is 6.07. The van der Waals surface area contributed by atoms with Gasteiger partial charge >= 0.3 is 0 Å². The molecule has 0 unspecified atom stereocenters. The molecule has 2 aliphatic rings. The Hall–Kier alpha value is -1.87. The third kappa shape index (κ3) is 3.46. The molecular formula is C21H23NOS. The Morgan fingerprint density at radius 1 is 1.29 bits per heavy atom. The van der Waals surface area contributed by atoms with Crippen molar-refractivity contribution in [3.05, 3.63) is 64.2 Å². The quantitative estimate of drug-likeness (QED) is 0.705. The number of carbonyl (C=O) groups excluding carboxylic acids is 1. The van der Waals surface area contributed by atoms with Crippen molar-refractivity contribution < 1.29 is 4.79 Å². The average molecular weight is 337 g/mol. The fourth-order valence-electron chi connectivity index (χ4n) is 2.91. The van der Waals surface area contributed by atoms with Crippen LogP contribution in [0.2, 0.25) is 0 Å². The number of allylic oxidation sites excluding steroid dienone is 5. The molecule has 1 heterocycles. The zero-order valence-electron chi connectivity index (χ0n) is 14.5. The number of rotatable bonds is 4. The van der Waals surface area contributed by atoms with Crippen LogP contribution in [0.25, 0.3) is 0 Å². The van der Waals surface area contributed by atoms with E-state index in [9.17, 15) is 4.79 Å². The Morgan fingerprint density at radius 3 is 2.83 bits per heavy atom. The molecule has 0 aromatic heterocycles. The van der Waals surface area contributed by atoms with Crippen molar-refractivity contribution in [3.63, 3.8) is 0 Å². The second kappa shape index (κ2) is 7.35. The second-order valence-corrected chi connectivity index (χ2v) is 7.58. The lowest BCUT2D eigenvalue weighted by atomic mass is 10.00. The van der Waals surface area contributed by atoms with E-state index in [1.165, 1.54) is 15.4 Å². The predicted molar refractivity (Wildman–Crippen MR) is 102 cm³/mol. The molecule has 0 spiro atoms. The van der Waals surface area contributed by atoms with E-state index in [0.717, 1.165) is 36.2 Å². The minimum Gasteiger partial charge on any atom is -0.294 e. The van der Waals surface area contributed by atoms with Crippen LogP contribution in [0.1, 0.15) is 45.6 Å². The van der Waals surface area contributed by atoms with E-state index in [2.05, 4.69) is 37.3 Å². The highest BCUT2D eigenvalue weighted by atomic mass is 32.2. The molecule has 0 bridgehead atoms. The molecule has 0 fully saturated rings. The van der Waals surface area contributed by atoms with Crippen LogP contribution in [0.15, 0.2) is 68.6 Å². The predicted octanol–water partition coefficient (Wildman–Crippen LogP) is 5.70. The summed E-state index contributed by atoms with van der Waals surface area (Å²) in [6.07, 6.45) is 8.85. The molecule has 124 valence electrons. The lowest BCUT2D eigenvalue weighted by molar-refractivity contribution is -0.117. The summed E-state index contributed by atoms with van der Waals surface area (Å²) >= 11 is 1.78. The number of hydrogen-bond acceptors (Lipinski definition) is 3. The maximum absolute atomic E-state index is 12.4. The third-order valence-corrected chi connectivity index (χ3v) is 5.36. The molecule has 0 amide bonds. The maximum atomic E-state index is 12.4. The number of nitrogens with zero attached hydrogens (tertiary/aromatic N) is 1. The fourth-order valence-corrected chi connectivity index (χ4v) is 4.00. The third-order valence-electron chi connectivity index (χ3n) is 4.16. The first-order valence-corrected chi connectivity index (χ1v) is 9.42. The topological polar surface area (TPSA) is 29.4 Å². The highest BCUT2D eigenvalue weighted by Crippen LogP contribution is 2.39. The first-order valence-electron chi connectivity index (χ1n) is 8.60. The van der Waals surface area contributed by atoms with E-state index in [0.29, 0.717) is 0 Å². The Kier molecular flexibility index (Phi) is 5.20. The number of benzene rings is 1. The van der Waals surface area contributed by atoms with E-state index >= 15 is 0 Å². The summed E-state index contributed by atoms with van der Waals surface area (Å²) in [7, 11) is 0. The van der Waals surface area contributed by atoms with Gasteiger partial charge in [-0.2, -0.15) is 0 Å². The van der Waals surface area contributed by atoms with Crippen molar-refractivity contribution in [3.8, 4) is 0 Å². The number of ketones is 1. The van der Waals surface area contributed by atoms with E-state index < -0.39 is 0 Å². The lowest BCUT2D eigenvalue weighted by Crippen LogP contribution is -2.09. The number of fused-ring (bicyclic) bond motifs is 1. The first kappa shape index (κ1) is 17.0. The van der Waals surface area contributed by atoms with Gasteiger partial charge in [-0.05, 0) is 25.0 Å². The highest BCUT2D eigenvalue weighted by Gasteiger charge is 2.20. The van der Waals surface area contributed by atoms with E-state index in [4.69, 9.17) is 4.99 Å². The first-order chi connectivity index (χ1) is 11.6. The summed E-state index contributed by atoms with van der Waals surface area (Å²) in [6, 6.07) is 8.48. The molecule has 2 nitrogen and oxygen atoms in total. The molecule has 3 rings (SSSR count). The maximum Gasteiger partial charge on any atom is 0.165 e. The van der Waals surface area contributed by atoms with Crippen LogP contribution in [0.3, 0.4) is 0 Å². The number of hydrogen-bond donors (Lipinski definition) is 0. The van der Waals surface area contributed by atoms with Gasteiger partial charge in [-0.1, -0.05) is 69.3 Å². The Balaban J connectivity index is 2.10. The second-order valence-electron chi connectivity index (χ2n) is 6.44. The molecule has 3 heteroatoms. The van der Waals surface area contributed by atoms with Gasteiger partial charge in [0.1, 0.15) is 0 Å². The van der Waals surface area contributed by atoms with Gasteiger partial charge in [0.25, 0.3) is 0 Å². The number of aliphatic imine (C=N–C) groups is 1. The van der Waals surface area contributed by atoms with Crippen LogP contribution in [-0.2, 0) is 4.79 Å². The zero-order chi connectivity index (χ0) is 17.1. The zero-order valence-corrected chi connectivity index (χ0v) is 15.3. The van der Waals surface area contributed by atoms with Gasteiger partial charge in [0, 0.05) is 32.6 Å². The SMILES string of the molecule is CCCC1=NC2=C(CC=CC(C(=O)C(C)C)=C2)Sc2ccccc21. The summed E-state index contributed by atoms with van der Waals surface area (Å²) < 4.78 is 0. The molecule has 0 saturated heterocycles. The van der Waals surface area contributed by atoms with Gasteiger partial charge in [-0.3, -0.25) is 9.79 Å². The van der Waals surface area contributed by atoms with Crippen LogP contribution >= 0.6 is 11.8 Å². The van der Waals surface area contributed by atoms with Crippen molar-refractivity contribution in [1.29, 1.82) is 0 Å². The van der Waals surface area contributed by atoms with Crippen LogP contribution in [0.4, 0.5) is 0 Å². The Morgan fingerprint density at radius 2 is 2.08 bits per heavy atom. The van der Waals surface area contributed by atoms with Gasteiger partial charge in [0.05, 0.1) is 5.70 Å². The van der Waals surface area contributed by atoms with Gasteiger partial charge in [0.2, 0.25) is 0 Å². The summed E-state index contributed by atoms with van der Waals surface area (Å²) in [5, 5.41) is 0. The summed E-state index contributed by atoms with van der Waals surface area (Å²) in [4.78, 5) is 19.9. The van der Waals surface area contributed by atoms with Crippen molar-refractivity contribution in [2.75, 3.05) is 0 Å². The Bertz CT molecular complexity index is 781. The average Bonchev–Trinajstić information content (AvgIpc) is 2.84. The smallest absolute Gasteiger partial charge is 0.165 e. The monoisotopic (exact) mass is 337 g/mol. The summed E-state index contributed by atoms with van der Waals surface area (Å²) in [5.74, 6) is 0.178. The van der Waals surface area contributed by atoms with Gasteiger partial charge in [0.15, 0.2) is 5.78 Å². The van der Waals surface area contributed by atoms with E-state index in [-0.39, 0.29) is 11.7 Å². The molecule has 1 aliphatic heterocycles. The highest BCUT2D eigenvalue weighted by molar-refractivity contribution is 8.03. The lowest BCUT2D eigenvalue weighted by Gasteiger charge is -2.08. The van der Waals surface area contributed by atoms with Crippen LogP contribution in [0.5, 0.6) is 0 Å². The number of Topliss-reactive ketones (excluding diaryl/α,β-unsaturated/α-hetero) is 1. The molecule has 1 aromatic rings. The normalized spacial score (nSPS) is 16.8. The molecule has 0 radical (unpaired) electrons. The molecule has 0 atom stereocenters. The van der Waals surface area contributed by atoms with Gasteiger partial charge < -0.3 is 0 Å². The molecule has 1 aromatic carbocycles. The van der Waals surface area contributed by atoms with Crippen molar-refractivity contribution in [2.45, 2.75) is 44.9 Å². The van der Waals surface area contributed by atoms with Crippen LogP contribution in [0, 0.1) is 5.92 Å². The molecule has 1 aliphatic carbocycles. The van der Waals surface area contributed by atoms with Crippen LogP contribution in [-0.4, -0.2) is 11.5 Å². The largest absolute Gasteiger partial charge is 0.294 e. The summed E-state index contributed by atoms with van der Waals surface area (Å²) in [5.41, 5.74) is 4.07. The standard InChI is InChI=1S/C21H23NOS/c1-4-8-17-16-10-5-6-11-19(16)24-20-12-7-9-15(13-18(20)22-17)21(23)14(2)3/h5-7,9-11,13-14H,4,8,12H2,1-3H3. The number of thioether (sulfide) groups is 1. The minimum absolute atomic E-state index is 0.00206. The molecule has 0 N–H and O–H groups in total. The van der Waals surface area contributed by atoms with Crippen molar-refractivity contribution in [1.82, 2.24) is 0 Å².